The van der Waals surface area contributed by atoms with E-state index < -0.39 is 0 Å². The summed E-state index contributed by atoms with van der Waals surface area (Å²) in [6, 6.07) is 17.3. The number of hydrazone groups is 1. The maximum atomic E-state index is 13.5. The molecule has 2 aliphatic heterocycles. The minimum absolute atomic E-state index is 0.111. The van der Waals surface area contributed by atoms with E-state index in [0.717, 1.165) is 22.2 Å². The summed E-state index contributed by atoms with van der Waals surface area (Å²) in [4.78, 5) is 28.1. The van der Waals surface area contributed by atoms with Gasteiger partial charge in [0.25, 0.3) is 5.91 Å². The first kappa shape index (κ1) is 20.3. The van der Waals surface area contributed by atoms with Crippen molar-refractivity contribution in [1.29, 1.82) is 0 Å². The minimum atomic E-state index is -0.286. The van der Waals surface area contributed by atoms with E-state index in [9.17, 15) is 9.59 Å². The summed E-state index contributed by atoms with van der Waals surface area (Å²) in [7, 11) is 1.62. The zero-order valence-electron chi connectivity index (χ0n) is 17.9. The summed E-state index contributed by atoms with van der Waals surface area (Å²) < 4.78 is 12.6. The van der Waals surface area contributed by atoms with Crippen molar-refractivity contribution in [2.75, 3.05) is 40.0 Å². The molecule has 32 heavy (non-hydrogen) atoms. The van der Waals surface area contributed by atoms with Gasteiger partial charge in [0, 0.05) is 24.0 Å². The molecular formula is C24H24N4O4. The van der Waals surface area contributed by atoms with E-state index in [0.29, 0.717) is 44.3 Å². The molecule has 0 aliphatic carbocycles. The molecule has 164 valence electrons. The highest BCUT2D eigenvalue weighted by Crippen LogP contribution is 2.25. The smallest absolute Gasteiger partial charge is 0.291 e. The number of para-hydroxylation sites is 1. The third-order valence-electron chi connectivity index (χ3n) is 5.89. The number of carbonyl (C=O) groups is 2. The highest BCUT2D eigenvalue weighted by atomic mass is 16.5. The van der Waals surface area contributed by atoms with Crippen LogP contribution >= 0.6 is 0 Å². The van der Waals surface area contributed by atoms with E-state index in [-0.39, 0.29) is 18.4 Å². The van der Waals surface area contributed by atoms with Gasteiger partial charge in [-0.15, -0.1) is 0 Å². The van der Waals surface area contributed by atoms with Crippen LogP contribution in [0, 0.1) is 0 Å². The normalized spacial score (nSPS) is 16.5. The van der Waals surface area contributed by atoms with Crippen molar-refractivity contribution in [3.8, 4) is 5.75 Å². The van der Waals surface area contributed by atoms with E-state index in [4.69, 9.17) is 9.47 Å². The molecule has 1 aromatic heterocycles. The highest BCUT2D eigenvalue weighted by Gasteiger charge is 2.29. The van der Waals surface area contributed by atoms with Crippen LogP contribution in [0.4, 0.5) is 0 Å². The number of morpholine rings is 1. The number of nitrogens with zero attached hydrogens (tertiary/aromatic N) is 4. The number of hydrogen-bond donors (Lipinski definition) is 0. The molecule has 0 saturated carbocycles. The Bertz CT molecular complexity index is 1190. The van der Waals surface area contributed by atoms with Gasteiger partial charge in [-0.25, -0.2) is 5.01 Å². The summed E-state index contributed by atoms with van der Waals surface area (Å²) in [6.07, 6.45) is 0. The lowest BCUT2D eigenvalue weighted by molar-refractivity contribution is -0.135. The molecule has 0 radical (unpaired) electrons. The van der Waals surface area contributed by atoms with Gasteiger partial charge in [0.2, 0.25) is 5.91 Å². The number of rotatable bonds is 4. The maximum Gasteiger partial charge on any atom is 0.291 e. The van der Waals surface area contributed by atoms with Crippen LogP contribution in [-0.2, 0) is 16.1 Å². The first-order valence-corrected chi connectivity index (χ1v) is 10.6. The molecule has 2 aromatic carbocycles. The van der Waals surface area contributed by atoms with Gasteiger partial charge in [-0.05, 0) is 42.0 Å². The quantitative estimate of drug-likeness (QED) is 0.634. The zero-order chi connectivity index (χ0) is 22.1. The Morgan fingerprint density at radius 2 is 1.84 bits per heavy atom. The lowest BCUT2D eigenvalue weighted by Gasteiger charge is -2.28. The summed E-state index contributed by atoms with van der Waals surface area (Å²) in [6.45, 7) is 2.37. The number of fused-ring (bicyclic) bond motifs is 3. The third-order valence-corrected chi connectivity index (χ3v) is 5.89. The average molecular weight is 432 g/mol. The van der Waals surface area contributed by atoms with Crippen molar-refractivity contribution in [3.05, 3.63) is 65.9 Å². The average Bonchev–Trinajstić information content (AvgIpc) is 3.15. The fraction of sp³-hybridized carbons (Fsp3) is 0.292. The van der Waals surface area contributed by atoms with Gasteiger partial charge in [0.05, 0.1) is 32.6 Å². The van der Waals surface area contributed by atoms with Gasteiger partial charge >= 0.3 is 0 Å². The van der Waals surface area contributed by atoms with Crippen LogP contribution in [0.5, 0.6) is 5.75 Å². The van der Waals surface area contributed by atoms with Crippen LogP contribution in [0.3, 0.4) is 0 Å². The molecule has 5 rings (SSSR count). The standard InChI is InChI=1S/C24H24N4O4/c1-31-19-8-6-17(7-9-19)20-15-27-21-5-3-2-4-18(21)14-22(27)24(30)28(25-20)16-23(29)26-10-12-32-13-11-26/h2-9,14H,10-13,15-16H2,1H3. The first-order chi connectivity index (χ1) is 15.6. The number of carbonyl (C=O) groups excluding carboxylic acids is 2. The molecule has 0 atom stereocenters. The predicted molar refractivity (Wildman–Crippen MR) is 120 cm³/mol. The monoisotopic (exact) mass is 432 g/mol. The van der Waals surface area contributed by atoms with Crippen molar-refractivity contribution in [1.82, 2.24) is 14.5 Å². The maximum absolute atomic E-state index is 13.5. The lowest BCUT2D eigenvalue weighted by Crippen LogP contribution is -2.46. The number of aromatic nitrogens is 1. The molecule has 2 aliphatic rings. The summed E-state index contributed by atoms with van der Waals surface area (Å²) in [5, 5.41) is 6.95. The predicted octanol–water partition coefficient (Wildman–Crippen LogP) is 2.37. The molecule has 0 N–H and O–H groups in total. The molecule has 2 amide bonds. The second kappa shape index (κ2) is 8.47. The Morgan fingerprint density at radius 1 is 1.09 bits per heavy atom. The van der Waals surface area contributed by atoms with Crippen molar-refractivity contribution >= 4 is 28.4 Å². The molecular weight excluding hydrogens is 408 g/mol. The van der Waals surface area contributed by atoms with Crippen molar-refractivity contribution in [2.24, 2.45) is 5.10 Å². The van der Waals surface area contributed by atoms with E-state index in [1.807, 2.05) is 59.2 Å². The number of amides is 2. The summed E-state index contributed by atoms with van der Waals surface area (Å²) in [5.74, 6) is 0.320. The van der Waals surface area contributed by atoms with Crippen molar-refractivity contribution in [3.63, 3.8) is 0 Å². The van der Waals surface area contributed by atoms with Crippen molar-refractivity contribution in [2.45, 2.75) is 6.54 Å². The molecule has 0 unspecified atom stereocenters. The van der Waals surface area contributed by atoms with Crippen LogP contribution in [0.2, 0.25) is 0 Å². The number of methoxy groups -OCH3 is 1. The van der Waals surface area contributed by atoms with Gasteiger partial charge in [-0.2, -0.15) is 5.10 Å². The van der Waals surface area contributed by atoms with Crippen molar-refractivity contribution < 1.29 is 19.1 Å². The number of benzene rings is 2. The zero-order valence-corrected chi connectivity index (χ0v) is 17.9. The number of ether oxygens (including phenoxy) is 2. The van der Waals surface area contributed by atoms with Gasteiger partial charge in [-0.1, -0.05) is 18.2 Å². The van der Waals surface area contributed by atoms with E-state index in [1.54, 1.807) is 12.0 Å². The molecule has 3 aromatic rings. The Hall–Kier alpha value is -3.65. The van der Waals surface area contributed by atoms with Crippen LogP contribution in [0.1, 0.15) is 16.1 Å². The lowest BCUT2D eigenvalue weighted by atomic mass is 10.1. The fourth-order valence-corrected chi connectivity index (χ4v) is 4.14. The minimum Gasteiger partial charge on any atom is -0.497 e. The summed E-state index contributed by atoms with van der Waals surface area (Å²) in [5.41, 5.74) is 3.05. The highest BCUT2D eigenvalue weighted by molar-refractivity contribution is 6.07. The van der Waals surface area contributed by atoms with E-state index >= 15 is 0 Å². The molecule has 0 bridgehead atoms. The topological polar surface area (TPSA) is 76.4 Å². The Morgan fingerprint density at radius 3 is 2.59 bits per heavy atom. The van der Waals surface area contributed by atoms with Gasteiger partial charge in [0.15, 0.2) is 0 Å². The van der Waals surface area contributed by atoms with Crippen LogP contribution in [-0.4, -0.2) is 72.0 Å². The molecule has 1 saturated heterocycles. The Kier molecular flexibility index (Phi) is 5.36. The number of hydrogen-bond acceptors (Lipinski definition) is 5. The molecule has 3 heterocycles. The van der Waals surface area contributed by atoms with E-state index in [2.05, 4.69) is 5.10 Å². The van der Waals surface area contributed by atoms with Crippen LogP contribution in [0.25, 0.3) is 10.9 Å². The molecule has 1 fully saturated rings. The SMILES string of the molecule is COc1ccc(C2=NN(CC(=O)N3CCOCC3)C(=O)c3cc4ccccc4n3C2)cc1. The Balaban J connectivity index is 1.55. The van der Waals surface area contributed by atoms with Crippen LogP contribution < -0.4 is 4.74 Å². The molecule has 8 heteroatoms. The Labute approximate surface area is 185 Å². The largest absolute Gasteiger partial charge is 0.497 e. The second-order valence-corrected chi connectivity index (χ2v) is 7.81. The van der Waals surface area contributed by atoms with E-state index in [1.165, 1.54) is 5.01 Å². The summed E-state index contributed by atoms with van der Waals surface area (Å²) >= 11 is 0. The molecule has 0 spiro atoms. The fourth-order valence-electron chi connectivity index (χ4n) is 4.14. The van der Waals surface area contributed by atoms with Gasteiger partial charge < -0.3 is 18.9 Å². The van der Waals surface area contributed by atoms with Crippen LogP contribution in [0.15, 0.2) is 59.7 Å². The second-order valence-electron chi connectivity index (χ2n) is 7.81. The van der Waals surface area contributed by atoms with Gasteiger partial charge in [0.1, 0.15) is 18.0 Å². The first-order valence-electron chi connectivity index (χ1n) is 10.6. The van der Waals surface area contributed by atoms with Gasteiger partial charge in [-0.3, -0.25) is 9.59 Å². The molecule has 8 nitrogen and oxygen atoms in total. The third kappa shape index (κ3) is 3.73.